The molecule has 3 rings (SSSR count). The molecule has 0 aliphatic rings. The summed E-state index contributed by atoms with van der Waals surface area (Å²) in [6, 6.07) is 16.1. The molecule has 1 atom stereocenters. The van der Waals surface area contributed by atoms with Gasteiger partial charge in [-0.2, -0.15) is 0 Å². The van der Waals surface area contributed by atoms with E-state index in [0.717, 1.165) is 11.8 Å². The van der Waals surface area contributed by atoms with Gasteiger partial charge < -0.3 is 19.8 Å². The van der Waals surface area contributed by atoms with Gasteiger partial charge in [0.1, 0.15) is 24.0 Å². The van der Waals surface area contributed by atoms with Crippen LogP contribution in [0.2, 0.25) is 0 Å². The second-order valence-electron chi connectivity index (χ2n) is 6.49. The molecule has 0 spiro atoms. The third-order valence-electron chi connectivity index (χ3n) is 4.32. The van der Waals surface area contributed by atoms with Crippen LogP contribution in [0.15, 0.2) is 59.0 Å². The number of nitrogens with one attached hydrogen (secondary N) is 2. The van der Waals surface area contributed by atoms with Crippen LogP contribution in [0.1, 0.15) is 36.4 Å². The average Bonchev–Trinajstić information content (AvgIpc) is 3.10. The van der Waals surface area contributed by atoms with Gasteiger partial charge in [-0.05, 0) is 31.5 Å². The molecule has 0 saturated heterocycles. The molecule has 6 nitrogen and oxygen atoms in total. The van der Waals surface area contributed by atoms with Crippen LogP contribution in [-0.2, 0) is 11.4 Å². The van der Waals surface area contributed by atoms with Crippen LogP contribution in [0.5, 0.6) is 5.75 Å². The lowest BCUT2D eigenvalue weighted by molar-refractivity contribution is -0.122. The van der Waals surface area contributed by atoms with Crippen molar-refractivity contribution in [3.8, 4) is 5.75 Å². The maximum atomic E-state index is 12.8. The van der Waals surface area contributed by atoms with Gasteiger partial charge in [-0.3, -0.25) is 9.59 Å². The number of rotatable bonds is 8. The molecule has 28 heavy (non-hydrogen) atoms. The predicted octanol–water partition coefficient (Wildman–Crippen LogP) is 3.66. The van der Waals surface area contributed by atoms with E-state index in [4.69, 9.17) is 9.15 Å². The summed E-state index contributed by atoms with van der Waals surface area (Å²) < 4.78 is 11.6. The van der Waals surface area contributed by atoms with Gasteiger partial charge in [-0.25, -0.2) is 0 Å². The van der Waals surface area contributed by atoms with Gasteiger partial charge in [0.05, 0.1) is 0 Å². The van der Waals surface area contributed by atoms with Crippen LogP contribution in [0.3, 0.4) is 0 Å². The van der Waals surface area contributed by atoms with Gasteiger partial charge in [0, 0.05) is 17.5 Å². The molecule has 146 valence electrons. The van der Waals surface area contributed by atoms with Crippen LogP contribution in [-0.4, -0.2) is 24.4 Å². The molecule has 6 heteroatoms. The van der Waals surface area contributed by atoms with Crippen molar-refractivity contribution in [1.82, 2.24) is 10.6 Å². The number of furan rings is 1. The summed E-state index contributed by atoms with van der Waals surface area (Å²) in [6.07, 6.45) is 0.830. The first kappa shape index (κ1) is 19.5. The van der Waals surface area contributed by atoms with Gasteiger partial charge in [-0.15, -0.1) is 0 Å². The molecular formula is C22H24N2O4. The number of fused-ring (bicyclic) bond motifs is 1. The zero-order valence-corrected chi connectivity index (χ0v) is 16.0. The lowest BCUT2D eigenvalue weighted by Gasteiger charge is -2.13. The summed E-state index contributed by atoms with van der Waals surface area (Å²) in [6.45, 7) is 4.36. The fourth-order valence-corrected chi connectivity index (χ4v) is 2.83. The summed E-state index contributed by atoms with van der Waals surface area (Å²) in [5, 5.41) is 6.28. The number of hydrogen-bond acceptors (Lipinski definition) is 4. The van der Waals surface area contributed by atoms with E-state index in [-0.39, 0.29) is 18.3 Å². The molecule has 0 aliphatic carbocycles. The monoisotopic (exact) mass is 380 g/mol. The Bertz CT molecular complexity index is 950. The zero-order chi connectivity index (χ0) is 19.9. The van der Waals surface area contributed by atoms with Gasteiger partial charge in [0.2, 0.25) is 5.91 Å². The third kappa shape index (κ3) is 4.52. The Hall–Kier alpha value is -3.28. The molecule has 1 aromatic heterocycles. The van der Waals surface area contributed by atoms with E-state index in [1.54, 1.807) is 13.0 Å². The molecule has 2 amide bonds. The van der Waals surface area contributed by atoms with E-state index < -0.39 is 11.9 Å². The Morgan fingerprint density at radius 2 is 1.79 bits per heavy atom. The number of carbonyl (C=O) groups excluding carboxylic acids is 2. The zero-order valence-electron chi connectivity index (χ0n) is 16.0. The van der Waals surface area contributed by atoms with Crippen molar-refractivity contribution in [3.63, 3.8) is 0 Å². The Kier molecular flexibility index (Phi) is 6.32. The molecule has 0 bridgehead atoms. The molecule has 2 N–H and O–H groups in total. The second-order valence-corrected chi connectivity index (χ2v) is 6.49. The molecule has 3 aromatic rings. The average molecular weight is 380 g/mol. The highest BCUT2D eigenvalue weighted by Crippen LogP contribution is 2.27. The Balaban J connectivity index is 1.81. The maximum Gasteiger partial charge on any atom is 0.288 e. The van der Waals surface area contributed by atoms with E-state index in [9.17, 15) is 9.59 Å². The predicted molar refractivity (Wildman–Crippen MR) is 107 cm³/mol. The van der Waals surface area contributed by atoms with Crippen LogP contribution in [0.4, 0.5) is 0 Å². The summed E-state index contributed by atoms with van der Waals surface area (Å²) >= 11 is 0. The van der Waals surface area contributed by atoms with Crippen molar-refractivity contribution < 1.29 is 18.7 Å². The molecule has 1 unspecified atom stereocenters. The standard InChI is InChI=1S/C22H24N2O4/c1-3-13-23-21(25)15(2)24-22(26)20-18(14-27-16-9-5-4-6-10-16)17-11-7-8-12-19(17)28-20/h4-12,15H,3,13-14H2,1-2H3,(H,23,25)(H,24,26). The summed E-state index contributed by atoms with van der Waals surface area (Å²) in [4.78, 5) is 24.9. The normalized spacial score (nSPS) is 11.8. The minimum atomic E-state index is -0.671. The van der Waals surface area contributed by atoms with Crippen LogP contribution in [0, 0.1) is 0 Å². The Morgan fingerprint density at radius 1 is 1.07 bits per heavy atom. The molecule has 2 aromatic carbocycles. The van der Waals surface area contributed by atoms with Crippen molar-refractivity contribution in [3.05, 3.63) is 65.9 Å². The fraction of sp³-hybridized carbons (Fsp3) is 0.273. The smallest absolute Gasteiger partial charge is 0.288 e. The SMILES string of the molecule is CCCNC(=O)C(C)NC(=O)c1oc2ccccc2c1COc1ccccc1. The second kappa shape index (κ2) is 9.08. The Labute approximate surface area is 163 Å². The summed E-state index contributed by atoms with van der Waals surface area (Å²) in [7, 11) is 0. The van der Waals surface area contributed by atoms with Crippen LogP contribution in [0.25, 0.3) is 11.0 Å². The lowest BCUT2D eigenvalue weighted by atomic mass is 10.1. The van der Waals surface area contributed by atoms with Gasteiger partial charge in [-0.1, -0.05) is 43.3 Å². The van der Waals surface area contributed by atoms with E-state index in [2.05, 4.69) is 10.6 Å². The molecule has 1 heterocycles. The van der Waals surface area contributed by atoms with Crippen molar-refractivity contribution >= 4 is 22.8 Å². The van der Waals surface area contributed by atoms with Gasteiger partial charge >= 0.3 is 0 Å². The first-order valence-corrected chi connectivity index (χ1v) is 9.37. The van der Waals surface area contributed by atoms with Crippen molar-refractivity contribution in [2.75, 3.05) is 6.54 Å². The number of hydrogen-bond donors (Lipinski definition) is 2. The third-order valence-corrected chi connectivity index (χ3v) is 4.32. The Morgan fingerprint density at radius 3 is 2.54 bits per heavy atom. The minimum absolute atomic E-state index is 0.160. The number of para-hydroxylation sites is 2. The van der Waals surface area contributed by atoms with Crippen LogP contribution >= 0.6 is 0 Å². The molecule has 0 fully saturated rings. The quantitative estimate of drug-likeness (QED) is 0.625. The number of benzene rings is 2. The van der Waals surface area contributed by atoms with Crippen molar-refractivity contribution in [1.29, 1.82) is 0 Å². The minimum Gasteiger partial charge on any atom is -0.489 e. The van der Waals surface area contributed by atoms with E-state index in [0.29, 0.717) is 23.4 Å². The van der Waals surface area contributed by atoms with E-state index in [1.807, 2.05) is 55.5 Å². The lowest BCUT2D eigenvalue weighted by Crippen LogP contribution is -2.45. The molecule has 0 radical (unpaired) electrons. The summed E-state index contributed by atoms with van der Waals surface area (Å²) in [5.74, 6) is 0.189. The van der Waals surface area contributed by atoms with E-state index in [1.165, 1.54) is 0 Å². The van der Waals surface area contributed by atoms with E-state index >= 15 is 0 Å². The highest BCUT2D eigenvalue weighted by molar-refractivity contribution is 6.00. The van der Waals surface area contributed by atoms with Crippen molar-refractivity contribution in [2.24, 2.45) is 0 Å². The molecule has 0 aliphatic heterocycles. The first-order chi connectivity index (χ1) is 13.6. The van der Waals surface area contributed by atoms with Crippen LogP contribution < -0.4 is 15.4 Å². The largest absolute Gasteiger partial charge is 0.489 e. The number of carbonyl (C=O) groups is 2. The fourth-order valence-electron chi connectivity index (χ4n) is 2.83. The highest BCUT2D eigenvalue weighted by atomic mass is 16.5. The highest BCUT2D eigenvalue weighted by Gasteiger charge is 2.24. The first-order valence-electron chi connectivity index (χ1n) is 9.37. The van der Waals surface area contributed by atoms with Crippen molar-refractivity contribution in [2.45, 2.75) is 32.9 Å². The van der Waals surface area contributed by atoms with Gasteiger partial charge in [0.25, 0.3) is 5.91 Å². The number of ether oxygens (including phenoxy) is 1. The van der Waals surface area contributed by atoms with Gasteiger partial charge in [0.15, 0.2) is 5.76 Å². The summed E-state index contributed by atoms with van der Waals surface area (Å²) in [5.41, 5.74) is 1.25. The molecular weight excluding hydrogens is 356 g/mol. The topological polar surface area (TPSA) is 80.6 Å². The maximum absolute atomic E-state index is 12.8. The number of amides is 2. The molecule has 0 saturated carbocycles.